The summed E-state index contributed by atoms with van der Waals surface area (Å²) in [7, 11) is 0. The number of hydrogen-bond acceptors (Lipinski definition) is 6. The first-order chi connectivity index (χ1) is 35.0. The average molecular weight is 1000 g/mol. The molecule has 0 aliphatic carbocycles. The van der Waals surface area contributed by atoms with Gasteiger partial charge >= 0.3 is 17.9 Å². The molecule has 6 nitrogen and oxygen atoms in total. The van der Waals surface area contributed by atoms with E-state index in [0.29, 0.717) is 19.3 Å². The standard InChI is InChI=1S/C65H122O6/c1-4-7-10-13-16-19-22-25-28-30-32-34-37-40-43-46-49-52-55-58-64(67)70-61-62(60-69-63(66)57-54-51-48-45-42-39-36-27-24-21-18-15-12-9-6-3)71-65(68)59-56-53-50-47-44-41-38-35-33-31-29-26-23-20-17-14-11-8-5-2/h26-27,29,36,62H,4-25,28,30-35,37-61H2,1-3H3/b29-26-,36-27-/t62-/m1/s1. The molecule has 0 rings (SSSR count). The van der Waals surface area contributed by atoms with Gasteiger partial charge < -0.3 is 14.2 Å². The Morgan fingerprint density at radius 2 is 0.465 bits per heavy atom. The normalized spacial score (nSPS) is 12.1. The van der Waals surface area contributed by atoms with E-state index in [9.17, 15) is 14.4 Å². The third-order valence-electron chi connectivity index (χ3n) is 14.4. The SMILES string of the molecule is CCCCCCCC/C=C\CCCCCCCCCCCC(=O)O[C@H](COC(=O)CCCCCCC/C=C\CCCCCCCC)COC(=O)CCCCCCCCCCCCCCCCCCCCC. The van der Waals surface area contributed by atoms with Crippen LogP contribution in [0.3, 0.4) is 0 Å². The Hall–Kier alpha value is -2.11. The van der Waals surface area contributed by atoms with Crippen LogP contribution in [0.15, 0.2) is 24.3 Å². The number of hydrogen-bond donors (Lipinski definition) is 0. The van der Waals surface area contributed by atoms with Gasteiger partial charge in [0, 0.05) is 19.3 Å². The van der Waals surface area contributed by atoms with Crippen LogP contribution in [-0.2, 0) is 28.6 Å². The molecule has 0 aliphatic heterocycles. The molecule has 0 aromatic heterocycles. The zero-order chi connectivity index (χ0) is 51.4. The molecule has 0 fully saturated rings. The summed E-state index contributed by atoms with van der Waals surface area (Å²) in [6.45, 7) is 6.69. The van der Waals surface area contributed by atoms with E-state index in [-0.39, 0.29) is 31.1 Å². The van der Waals surface area contributed by atoms with Crippen molar-refractivity contribution in [2.24, 2.45) is 0 Å². The van der Waals surface area contributed by atoms with Gasteiger partial charge in [-0.2, -0.15) is 0 Å². The minimum atomic E-state index is -0.773. The van der Waals surface area contributed by atoms with Crippen LogP contribution in [0.5, 0.6) is 0 Å². The third kappa shape index (κ3) is 58.7. The molecule has 0 unspecified atom stereocenters. The first-order valence-corrected chi connectivity index (χ1v) is 31.8. The molecule has 0 radical (unpaired) electrons. The van der Waals surface area contributed by atoms with Crippen molar-refractivity contribution in [1.82, 2.24) is 0 Å². The molecule has 6 heteroatoms. The number of carbonyl (C=O) groups excluding carboxylic acids is 3. The number of allylic oxidation sites excluding steroid dienone is 4. The second-order valence-corrected chi connectivity index (χ2v) is 21.7. The summed E-state index contributed by atoms with van der Waals surface area (Å²) in [6, 6.07) is 0. The predicted octanol–water partition coefficient (Wildman–Crippen LogP) is 21.4. The lowest BCUT2D eigenvalue weighted by atomic mass is 10.0. The second kappa shape index (κ2) is 60.4. The van der Waals surface area contributed by atoms with Gasteiger partial charge in [0.15, 0.2) is 6.10 Å². The van der Waals surface area contributed by atoms with Crippen LogP contribution in [0.1, 0.15) is 355 Å². The van der Waals surface area contributed by atoms with E-state index in [1.54, 1.807) is 0 Å². The Balaban J connectivity index is 4.32. The summed E-state index contributed by atoms with van der Waals surface area (Å²) in [4.78, 5) is 38.3. The first kappa shape index (κ1) is 68.9. The summed E-state index contributed by atoms with van der Waals surface area (Å²) in [6.07, 6.45) is 71.8. The van der Waals surface area contributed by atoms with E-state index < -0.39 is 6.10 Å². The Labute approximate surface area is 443 Å². The van der Waals surface area contributed by atoms with E-state index in [4.69, 9.17) is 14.2 Å². The number of unbranched alkanes of at least 4 members (excludes halogenated alkanes) is 44. The molecule has 0 saturated carbocycles. The van der Waals surface area contributed by atoms with Crippen molar-refractivity contribution in [2.45, 2.75) is 361 Å². The molecular formula is C65H122O6. The van der Waals surface area contributed by atoms with Gasteiger partial charge in [0.05, 0.1) is 0 Å². The smallest absolute Gasteiger partial charge is 0.306 e. The van der Waals surface area contributed by atoms with Gasteiger partial charge in [-0.1, -0.05) is 289 Å². The van der Waals surface area contributed by atoms with Crippen LogP contribution >= 0.6 is 0 Å². The van der Waals surface area contributed by atoms with E-state index in [1.807, 2.05) is 0 Å². The zero-order valence-corrected chi connectivity index (χ0v) is 48.0. The number of carbonyl (C=O) groups is 3. The van der Waals surface area contributed by atoms with Gasteiger partial charge in [0.25, 0.3) is 0 Å². The lowest BCUT2D eigenvalue weighted by molar-refractivity contribution is -0.167. The van der Waals surface area contributed by atoms with Gasteiger partial charge in [-0.25, -0.2) is 0 Å². The Bertz CT molecular complexity index is 1150. The van der Waals surface area contributed by atoms with Crippen LogP contribution in [0, 0.1) is 0 Å². The van der Waals surface area contributed by atoms with Crippen LogP contribution < -0.4 is 0 Å². The number of rotatable bonds is 59. The molecule has 0 N–H and O–H groups in total. The quantitative estimate of drug-likeness (QED) is 0.0261. The summed E-state index contributed by atoms with van der Waals surface area (Å²) >= 11 is 0. The maximum absolute atomic E-state index is 12.9. The topological polar surface area (TPSA) is 78.9 Å². The van der Waals surface area contributed by atoms with Crippen molar-refractivity contribution >= 4 is 17.9 Å². The second-order valence-electron chi connectivity index (χ2n) is 21.7. The summed E-state index contributed by atoms with van der Waals surface area (Å²) in [5.74, 6) is -0.854. The zero-order valence-electron chi connectivity index (χ0n) is 48.0. The van der Waals surface area contributed by atoms with Crippen molar-refractivity contribution < 1.29 is 28.6 Å². The van der Waals surface area contributed by atoms with Crippen molar-refractivity contribution in [3.05, 3.63) is 24.3 Å². The minimum absolute atomic E-state index is 0.0696. The Morgan fingerprint density at radius 1 is 0.268 bits per heavy atom. The molecule has 0 heterocycles. The molecule has 0 aliphatic rings. The monoisotopic (exact) mass is 999 g/mol. The van der Waals surface area contributed by atoms with Crippen molar-refractivity contribution in [2.75, 3.05) is 13.2 Å². The van der Waals surface area contributed by atoms with E-state index >= 15 is 0 Å². The lowest BCUT2D eigenvalue weighted by Crippen LogP contribution is -2.30. The Kier molecular flexibility index (Phi) is 58.6. The van der Waals surface area contributed by atoms with Gasteiger partial charge in [0.1, 0.15) is 13.2 Å². The number of ether oxygens (including phenoxy) is 3. The Morgan fingerprint density at radius 3 is 0.704 bits per heavy atom. The fourth-order valence-corrected chi connectivity index (χ4v) is 9.61. The van der Waals surface area contributed by atoms with Crippen molar-refractivity contribution in [3.8, 4) is 0 Å². The molecule has 71 heavy (non-hydrogen) atoms. The van der Waals surface area contributed by atoms with E-state index in [2.05, 4.69) is 45.1 Å². The molecular weight excluding hydrogens is 877 g/mol. The molecule has 1 atom stereocenters. The fraction of sp³-hybridized carbons (Fsp3) is 0.892. The molecule has 418 valence electrons. The van der Waals surface area contributed by atoms with Gasteiger partial charge in [-0.3, -0.25) is 14.4 Å². The number of esters is 3. The summed E-state index contributed by atoms with van der Waals surface area (Å²) in [5.41, 5.74) is 0. The maximum atomic E-state index is 12.9. The van der Waals surface area contributed by atoms with Crippen molar-refractivity contribution in [3.63, 3.8) is 0 Å². The maximum Gasteiger partial charge on any atom is 0.306 e. The van der Waals surface area contributed by atoms with Gasteiger partial charge in [0.2, 0.25) is 0 Å². The van der Waals surface area contributed by atoms with Crippen LogP contribution in [0.4, 0.5) is 0 Å². The van der Waals surface area contributed by atoms with E-state index in [0.717, 1.165) is 64.2 Å². The summed E-state index contributed by atoms with van der Waals surface area (Å²) < 4.78 is 16.9. The van der Waals surface area contributed by atoms with Gasteiger partial charge in [-0.15, -0.1) is 0 Å². The molecule has 0 aromatic rings. The van der Waals surface area contributed by atoms with E-state index in [1.165, 1.54) is 250 Å². The minimum Gasteiger partial charge on any atom is -0.462 e. The highest BCUT2D eigenvalue weighted by atomic mass is 16.6. The van der Waals surface area contributed by atoms with Gasteiger partial charge in [-0.05, 0) is 70.6 Å². The molecule has 0 saturated heterocycles. The fourth-order valence-electron chi connectivity index (χ4n) is 9.61. The molecule has 0 bridgehead atoms. The third-order valence-corrected chi connectivity index (χ3v) is 14.4. The predicted molar refractivity (Wildman–Crippen MR) is 307 cm³/mol. The highest BCUT2D eigenvalue weighted by Crippen LogP contribution is 2.17. The summed E-state index contributed by atoms with van der Waals surface area (Å²) in [5, 5.41) is 0. The highest BCUT2D eigenvalue weighted by Gasteiger charge is 2.19. The molecule has 0 amide bonds. The molecule has 0 spiro atoms. The largest absolute Gasteiger partial charge is 0.462 e. The molecule has 0 aromatic carbocycles. The van der Waals surface area contributed by atoms with Crippen LogP contribution in [0.2, 0.25) is 0 Å². The highest BCUT2D eigenvalue weighted by molar-refractivity contribution is 5.71. The van der Waals surface area contributed by atoms with Crippen molar-refractivity contribution in [1.29, 1.82) is 0 Å². The van der Waals surface area contributed by atoms with Crippen LogP contribution in [0.25, 0.3) is 0 Å². The lowest BCUT2D eigenvalue weighted by Gasteiger charge is -2.18. The first-order valence-electron chi connectivity index (χ1n) is 31.8. The van der Waals surface area contributed by atoms with Crippen LogP contribution in [-0.4, -0.2) is 37.2 Å². The average Bonchev–Trinajstić information content (AvgIpc) is 3.37.